The van der Waals surface area contributed by atoms with Gasteiger partial charge in [-0.15, -0.1) is 11.3 Å². The van der Waals surface area contributed by atoms with E-state index in [2.05, 4.69) is 5.32 Å². The van der Waals surface area contributed by atoms with E-state index in [4.69, 9.17) is 5.73 Å². The summed E-state index contributed by atoms with van der Waals surface area (Å²) in [6.45, 7) is 2.31. The number of anilines is 1. The first-order valence-corrected chi connectivity index (χ1v) is 8.92. The van der Waals surface area contributed by atoms with Gasteiger partial charge in [0.1, 0.15) is 10.7 Å². The highest BCUT2D eigenvalue weighted by atomic mass is 32.2. The summed E-state index contributed by atoms with van der Waals surface area (Å²) in [6, 6.07) is 4.29. The van der Waals surface area contributed by atoms with Gasteiger partial charge in [-0.3, -0.25) is 9.00 Å². The van der Waals surface area contributed by atoms with Crippen molar-refractivity contribution < 1.29 is 13.4 Å². The summed E-state index contributed by atoms with van der Waals surface area (Å²) >= 11 is 1.24. The molecule has 0 aliphatic carbocycles. The van der Waals surface area contributed by atoms with Crippen molar-refractivity contribution in [2.24, 2.45) is 0 Å². The van der Waals surface area contributed by atoms with E-state index in [0.29, 0.717) is 28.9 Å². The maximum Gasteiger partial charge on any atom is 0.263 e. The van der Waals surface area contributed by atoms with Crippen LogP contribution in [0.15, 0.2) is 18.2 Å². The first-order chi connectivity index (χ1) is 9.90. The molecule has 2 aromatic rings. The highest BCUT2D eigenvalue weighted by Gasteiger charge is 2.17. The van der Waals surface area contributed by atoms with Gasteiger partial charge in [0, 0.05) is 38.9 Å². The zero-order valence-electron chi connectivity index (χ0n) is 11.8. The molecule has 0 fully saturated rings. The first-order valence-electron chi connectivity index (χ1n) is 6.48. The molecular formula is C14H17FN2O2S2. The molecule has 1 heterocycles. The lowest BCUT2D eigenvalue weighted by Gasteiger charge is -2.08. The Bertz CT molecular complexity index is 700. The first kappa shape index (κ1) is 15.9. The van der Waals surface area contributed by atoms with E-state index < -0.39 is 10.8 Å². The Morgan fingerprint density at radius 3 is 2.90 bits per heavy atom. The minimum Gasteiger partial charge on any atom is -0.397 e. The van der Waals surface area contributed by atoms with E-state index in [1.807, 2.05) is 6.92 Å². The Morgan fingerprint density at radius 2 is 2.24 bits per heavy atom. The lowest BCUT2D eigenvalue weighted by molar-refractivity contribution is 0.0958. The summed E-state index contributed by atoms with van der Waals surface area (Å²) in [5.74, 6) is -0.651. The molecule has 0 aliphatic rings. The summed E-state index contributed by atoms with van der Waals surface area (Å²) in [7, 11) is -0.904. The topological polar surface area (TPSA) is 72.2 Å². The van der Waals surface area contributed by atoms with Gasteiger partial charge in [0.15, 0.2) is 0 Å². The lowest BCUT2D eigenvalue weighted by Crippen LogP contribution is -2.27. The van der Waals surface area contributed by atoms with Crippen LogP contribution in [0.3, 0.4) is 0 Å². The minimum absolute atomic E-state index is 0.0270. The number of carbonyl (C=O) groups is 1. The molecular weight excluding hydrogens is 311 g/mol. The van der Waals surface area contributed by atoms with E-state index in [-0.39, 0.29) is 17.0 Å². The SMILES string of the molecule is CC(CCNC(=O)c1sc2ccc(F)cc2c1N)S(C)=O. The molecule has 0 bridgehead atoms. The van der Waals surface area contributed by atoms with Crippen molar-refractivity contribution >= 4 is 43.8 Å². The third-order valence-electron chi connectivity index (χ3n) is 3.30. The molecule has 0 saturated carbocycles. The van der Waals surface area contributed by atoms with Crippen LogP contribution in [0.5, 0.6) is 0 Å². The third kappa shape index (κ3) is 3.59. The van der Waals surface area contributed by atoms with Crippen molar-refractivity contribution in [3.05, 3.63) is 28.9 Å². The highest BCUT2D eigenvalue weighted by Crippen LogP contribution is 2.33. The Morgan fingerprint density at radius 1 is 1.52 bits per heavy atom. The van der Waals surface area contributed by atoms with E-state index in [1.165, 1.54) is 23.5 Å². The number of hydrogen-bond donors (Lipinski definition) is 2. The number of nitrogens with two attached hydrogens (primary N) is 1. The molecule has 4 nitrogen and oxygen atoms in total. The molecule has 1 aromatic carbocycles. The number of nitrogen functional groups attached to an aromatic ring is 1. The Balaban J connectivity index is 2.09. The molecule has 0 aliphatic heterocycles. The molecule has 7 heteroatoms. The minimum atomic E-state index is -0.904. The van der Waals surface area contributed by atoms with Gasteiger partial charge in [0.05, 0.1) is 5.69 Å². The number of amides is 1. The maximum atomic E-state index is 13.2. The molecule has 2 rings (SSSR count). The highest BCUT2D eigenvalue weighted by molar-refractivity contribution is 7.84. The average molecular weight is 328 g/mol. The van der Waals surface area contributed by atoms with Gasteiger partial charge in [-0.05, 0) is 24.6 Å². The molecule has 1 aromatic heterocycles. The average Bonchev–Trinajstić information content (AvgIpc) is 2.75. The van der Waals surface area contributed by atoms with Crippen molar-refractivity contribution in [1.29, 1.82) is 0 Å². The molecule has 0 radical (unpaired) electrons. The number of halogens is 1. The van der Waals surface area contributed by atoms with Crippen LogP contribution in [0.1, 0.15) is 23.0 Å². The number of nitrogens with one attached hydrogen (secondary N) is 1. The fourth-order valence-electron chi connectivity index (χ4n) is 1.89. The van der Waals surface area contributed by atoms with Crippen LogP contribution in [0.25, 0.3) is 10.1 Å². The van der Waals surface area contributed by atoms with Gasteiger partial charge in [-0.2, -0.15) is 0 Å². The summed E-state index contributed by atoms with van der Waals surface area (Å²) in [5.41, 5.74) is 6.23. The normalized spacial score (nSPS) is 14.0. The van der Waals surface area contributed by atoms with Gasteiger partial charge in [-0.1, -0.05) is 6.92 Å². The van der Waals surface area contributed by atoms with Crippen LogP contribution < -0.4 is 11.1 Å². The van der Waals surface area contributed by atoms with Crippen molar-refractivity contribution in [3.63, 3.8) is 0 Å². The molecule has 114 valence electrons. The van der Waals surface area contributed by atoms with Gasteiger partial charge < -0.3 is 11.1 Å². The van der Waals surface area contributed by atoms with E-state index in [9.17, 15) is 13.4 Å². The van der Waals surface area contributed by atoms with Crippen molar-refractivity contribution in [1.82, 2.24) is 5.32 Å². The van der Waals surface area contributed by atoms with Crippen LogP contribution in [0.2, 0.25) is 0 Å². The molecule has 0 saturated heterocycles. The fraction of sp³-hybridized carbons (Fsp3) is 0.357. The summed E-state index contributed by atoms with van der Waals surface area (Å²) in [6.07, 6.45) is 2.28. The summed E-state index contributed by atoms with van der Waals surface area (Å²) < 4.78 is 25.2. The number of fused-ring (bicyclic) bond motifs is 1. The maximum absolute atomic E-state index is 13.2. The molecule has 1 amide bonds. The van der Waals surface area contributed by atoms with Crippen LogP contribution in [0, 0.1) is 5.82 Å². The Labute approximate surface area is 129 Å². The Hall–Kier alpha value is -1.47. The van der Waals surface area contributed by atoms with Crippen molar-refractivity contribution in [3.8, 4) is 0 Å². The zero-order chi connectivity index (χ0) is 15.6. The van der Waals surface area contributed by atoms with Crippen molar-refractivity contribution in [2.75, 3.05) is 18.5 Å². The Kier molecular flexibility index (Phi) is 4.95. The van der Waals surface area contributed by atoms with Gasteiger partial charge in [-0.25, -0.2) is 4.39 Å². The second-order valence-electron chi connectivity index (χ2n) is 4.84. The largest absolute Gasteiger partial charge is 0.397 e. The molecule has 21 heavy (non-hydrogen) atoms. The van der Waals surface area contributed by atoms with E-state index in [1.54, 1.807) is 12.3 Å². The fourth-order valence-corrected chi connectivity index (χ4v) is 3.36. The summed E-state index contributed by atoms with van der Waals surface area (Å²) in [4.78, 5) is 12.5. The second kappa shape index (κ2) is 6.53. The smallest absolute Gasteiger partial charge is 0.263 e. The molecule has 0 spiro atoms. The van der Waals surface area contributed by atoms with Crippen LogP contribution in [-0.2, 0) is 10.8 Å². The van der Waals surface area contributed by atoms with Crippen LogP contribution >= 0.6 is 11.3 Å². The monoisotopic (exact) mass is 328 g/mol. The second-order valence-corrected chi connectivity index (χ2v) is 7.69. The predicted octanol–water partition coefficient (Wildman–Crippen LogP) is 2.51. The summed E-state index contributed by atoms with van der Waals surface area (Å²) in [5, 5.41) is 3.35. The lowest BCUT2D eigenvalue weighted by atomic mass is 10.2. The van der Waals surface area contributed by atoms with Crippen LogP contribution in [0.4, 0.5) is 10.1 Å². The standard InChI is InChI=1S/C14H17FN2O2S2/c1-8(21(2)19)5-6-17-14(18)13-12(16)10-7-9(15)3-4-11(10)20-13/h3-4,7-8H,5-6,16H2,1-2H3,(H,17,18). The number of thiophene rings is 1. The van der Waals surface area contributed by atoms with Crippen molar-refractivity contribution in [2.45, 2.75) is 18.6 Å². The van der Waals surface area contributed by atoms with Crippen LogP contribution in [-0.4, -0.2) is 28.2 Å². The molecule has 3 N–H and O–H groups in total. The van der Waals surface area contributed by atoms with Gasteiger partial charge in [0.25, 0.3) is 5.91 Å². The van der Waals surface area contributed by atoms with Gasteiger partial charge in [0.2, 0.25) is 0 Å². The zero-order valence-corrected chi connectivity index (χ0v) is 13.4. The quantitative estimate of drug-likeness (QED) is 0.886. The number of hydrogen-bond acceptors (Lipinski definition) is 4. The van der Waals surface area contributed by atoms with Gasteiger partial charge >= 0.3 is 0 Å². The molecule has 2 unspecified atom stereocenters. The number of benzene rings is 1. The number of rotatable bonds is 5. The van der Waals surface area contributed by atoms with E-state index >= 15 is 0 Å². The number of carbonyl (C=O) groups excluding carboxylic acids is 1. The third-order valence-corrected chi connectivity index (χ3v) is 5.85. The van der Waals surface area contributed by atoms with E-state index in [0.717, 1.165) is 4.70 Å². The predicted molar refractivity (Wildman–Crippen MR) is 86.7 cm³/mol. The molecule has 2 atom stereocenters.